The summed E-state index contributed by atoms with van der Waals surface area (Å²) in [5.74, 6) is 0. The Labute approximate surface area is 522 Å². The van der Waals surface area contributed by atoms with E-state index in [0.717, 1.165) is 59.0 Å². The number of nitrogens with zero attached hydrogens (tertiary/aromatic N) is 5. The van der Waals surface area contributed by atoms with Crippen LogP contribution in [-0.4, -0.2) is 66.1 Å². The molecule has 5 nitrogen and oxygen atoms in total. The van der Waals surface area contributed by atoms with Crippen molar-refractivity contribution in [1.29, 1.82) is 0 Å². The molecule has 2 aliphatic heterocycles. The van der Waals surface area contributed by atoms with Gasteiger partial charge in [-0.1, -0.05) is 65.7 Å². The van der Waals surface area contributed by atoms with Crippen LogP contribution in [0.3, 0.4) is 0 Å². The van der Waals surface area contributed by atoms with E-state index >= 15 is 0 Å². The fraction of sp³-hybridized carbons (Fsp3) is 0.451. The second-order valence-corrected chi connectivity index (χ2v) is 45.7. The first-order valence-corrected chi connectivity index (χ1v) is 45.0. The molecule has 83 heavy (non-hydrogen) atoms. The average molecular weight is 1390 g/mol. The molecule has 0 amide bonds. The van der Waals surface area contributed by atoms with Crippen LogP contribution in [0.4, 0.5) is 22.7 Å². The summed E-state index contributed by atoms with van der Waals surface area (Å²) in [4.78, 5) is 13.9. The first-order valence-electron chi connectivity index (χ1n) is 30.8. The van der Waals surface area contributed by atoms with Gasteiger partial charge in [0, 0.05) is 0 Å². The quantitative estimate of drug-likeness (QED) is 0.0951. The molecule has 458 valence electrons. The molecule has 1 aromatic heterocycles. The molecule has 12 heteroatoms. The maximum absolute atomic E-state index is 7.41. The third kappa shape index (κ3) is 16.3. The molecular weight excluding hydrogens is 1300 g/mol. The Morgan fingerprint density at radius 2 is 0.831 bits per heavy atom. The minimum atomic E-state index is -3.38. The van der Waals surface area contributed by atoms with Gasteiger partial charge < -0.3 is 0 Å². The number of hydrogen-bond acceptors (Lipinski definition) is 5. The molecule has 5 aromatic carbocycles. The Balaban J connectivity index is 0.000000156. The molecule has 0 bridgehead atoms. The molecule has 0 N–H and O–H groups in total. The molecule has 3 saturated carbocycles. The monoisotopic (exact) mass is 1390 g/mol. The molecule has 5 fully saturated rings. The van der Waals surface area contributed by atoms with Crippen molar-refractivity contribution in [3.05, 3.63) is 183 Å². The minimum absolute atomic E-state index is 0.385. The molecule has 0 radical (unpaired) electrons. The molecule has 3 heterocycles. The van der Waals surface area contributed by atoms with Crippen molar-refractivity contribution in [3.63, 3.8) is 0 Å². The van der Waals surface area contributed by atoms with Gasteiger partial charge in [0.05, 0.1) is 0 Å². The van der Waals surface area contributed by atoms with Crippen molar-refractivity contribution in [2.45, 2.75) is 182 Å². The van der Waals surface area contributed by atoms with Crippen LogP contribution in [0.15, 0.2) is 128 Å². The summed E-state index contributed by atoms with van der Waals surface area (Å²) < 4.78 is 6.41. The molecule has 0 atom stereocenters. The van der Waals surface area contributed by atoms with E-state index < -0.39 is 23.8 Å². The van der Waals surface area contributed by atoms with Gasteiger partial charge in [-0.05, 0) is 55.5 Å². The normalized spacial score (nSPS) is 18.0. The van der Waals surface area contributed by atoms with E-state index in [1.807, 2.05) is 36.5 Å². The van der Waals surface area contributed by atoms with Gasteiger partial charge in [-0.15, -0.1) is 0 Å². The predicted molar refractivity (Wildman–Crippen MR) is 364 cm³/mol. The fourth-order valence-electron chi connectivity index (χ4n) is 14.0. The summed E-state index contributed by atoms with van der Waals surface area (Å²) in [6, 6.07) is 42.1. The Kier molecular flexibility index (Phi) is 23.3. The van der Waals surface area contributed by atoms with E-state index in [4.69, 9.17) is 38.8 Å². The molecule has 3 aliphatic carbocycles. The third-order valence-corrected chi connectivity index (χ3v) is 33.1. The molecular formula is C71H92Cl4N5PRu2-8. The summed E-state index contributed by atoms with van der Waals surface area (Å²) in [6.45, 7) is 20.8. The van der Waals surface area contributed by atoms with Crippen LogP contribution >= 0.6 is 46.7 Å². The Bertz CT molecular complexity index is 3180. The zero-order chi connectivity index (χ0) is 58.7. The number of benzene rings is 5. The predicted octanol–water partition coefficient (Wildman–Crippen LogP) is 19.7. The number of rotatable bonds is 11. The molecule has 0 spiro atoms. The van der Waals surface area contributed by atoms with Crippen molar-refractivity contribution < 1.29 is 23.8 Å². The van der Waals surface area contributed by atoms with Crippen molar-refractivity contribution in [2.75, 3.05) is 45.8 Å². The van der Waals surface area contributed by atoms with E-state index in [2.05, 4.69) is 180 Å². The number of halogens is 4. The molecule has 5 aliphatic rings. The van der Waals surface area contributed by atoms with Crippen LogP contribution in [0.5, 0.6) is 0 Å². The van der Waals surface area contributed by atoms with E-state index in [9.17, 15) is 0 Å². The SMILES string of the molecule is C1CCC(P(C2CCCCC2)C2CCCCC2)CC1.Cc1cc(C)c(N2CCN(c3c(C)cc(C)cc3C)[C]2=[Ru-4]([Cl])([Cl])=[CH]CCc2ccccn2)c(C)c1.Cc1ccccc1N1CCN(c2ccccc2C)[C]1=[Ru-4]([Cl])([Cl])=[CH]c1ccccc1. The number of anilines is 4. The van der Waals surface area contributed by atoms with Crippen LogP contribution < -0.4 is 19.6 Å². The summed E-state index contributed by atoms with van der Waals surface area (Å²) in [6.07, 6.45) is 27.1. The first kappa shape index (κ1) is 64.2. The van der Waals surface area contributed by atoms with Gasteiger partial charge in [-0.25, -0.2) is 0 Å². The van der Waals surface area contributed by atoms with E-state index in [1.54, 1.807) is 77.0 Å². The van der Waals surface area contributed by atoms with Gasteiger partial charge in [-0.3, -0.25) is 0 Å². The van der Waals surface area contributed by atoms with E-state index in [-0.39, 0.29) is 0 Å². The fourth-order valence-corrected chi connectivity index (χ4v) is 30.6. The topological polar surface area (TPSA) is 25.9 Å². The van der Waals surface area contributed by atoms with Gasteiger partial charge in [0.15, 0.2) is 0 Å². The van der Waals surface area contributed by atoms with Gasteiger partial charge in [0.1, 0.15) is 0 Å². The zero-order valence-electron chi connectivity index (χ0n) is 50.8. The Morgan fingerprint density at radius 3 is 1.24 bits per heavy atom. The zero-order valence-corrected chi connectivity index (χ0v) is 58.2. The average Bonchev–Trinajstić information content (AvgIpc) is 3.05. The van der Waals surface area contributed by atoms with Gasteiger partial charge in [-0.2, -0.15) is 0 Å². The first-order chi connectivity index (χ1) is 40.0. The summed E-state index contributed by atoms with van der Waals surface area (Å²) >= 11 is -6.74. The Hall–Kier alpha value is -3.23. The number of aryl methyl sites for hydroxylation is 9. The molecule has 6 aromatic rings. The van der Waals surface area contributed by atoms with Crippen LogP contribution in [-0.2, 0) is 30.2 Å². The van der Waals surface area contributed by atoms with Crippen LogP contribution in [0, 0.1) is 55.4 Å². The Morgan fingerprint density at radius 1 is 0.446 bits per heavy atom. The maximum atomic E-state index is 7.41. The number of hydrogen-bond donors (Lipinski definition) is 0. The van der Waals surface area contributed by atoms with Crippen LogP contribution in [0.1, 0.15) is 158 Å². The third-order valence-electron chi connectivity index (χ3n) is 17.4. The van der Waals surface area contributed by atoms with Gasteiger partial charge in [0.25, 0.3) is 0 Å². The van der Waals surface area contributed by atoms with E-state index in [0.29, 0.717) is 7.92 Å². The van der Waals surface area contributed by atoms with Crippen molar-refractivity contribution in [3.8, 4) is 0 Å². The van der Waals surface area contributed by atoms with Crippen LogP contribution in [0.2, 0.25) is 0 Å². The van der Waals surface area contributed by atoms with Gasteiger partial charge >= 0.3 is 406 Å². The van der Waals surface area contributed by atoms with Crippen molar-refractivity contribution in [1.82, 2.24) is 4.98 Å². The van der Waals surface area contributed by atoms with Crippen molar-refractivity contribution in [2.24, 2.45) is 0 Å². The number of para-hydroxylation sites is 2. The standard InChI is InChI=1S/C21H26N2.C18H33P.C17H18N2.C8H9N.C7H6.4ClH.2Ru/c1-14-9-16(3)20(17(4)10-14)22-7-8-23(13-22)21-18(5)11-15(2)12-19(21)6;1-4-10-16(11-5-1)19(17-12-6-2-7-13-17)18-14-8-3-9-15-18;1-14-7-3-5-9-16(14)18-11-12-19(13-18)17-10-6-4-8-15(17)2;1-2-5-8-6-3-4-7-9-8;1-7-5-3-2-4-6-7;;;;;;/h9-12H,7-8H2,1-6H3;16-18H,1-15H2;3-10H,11-12H2,1-2H3;1,3-4,6-7H,2,5H2;1-6H;4*1H;;/q;;;;;;;;;2*-2/p-4. The van der Waals surface area contributed by atoms with Crippen molar-refractivity contribution >= 4 is 87.4 Å². The molecule has 0 unspecified atom stereocenters. The molecule has 2 saturated heterocycles. The summed E-state index contributed by atoms with van der Waals surface area (Å²) in [5, 5.41) is 0. The number of pyridine rings is 1. The van der Waals surface area contributed by atoms with Gasteiger partial charge in [0.2, 0.25) is 0 Å². The second kappa shape index (κ2) is 30.1. The summed E-state index contributed by atoms with van der Waals surface area (Å²) in [7, 11) is 29.7. The second-order valence-electron chi connectivity index (χ2n) is 23.9. The number of aromatic nitrogens is 1. The molecule has 11 rings (SSSR count). The summed E-state index contributed by atoms with van der Waals surface area (Å²) in [5.41, 5.74) is 20.6. The van der Waals surface area contributed by atoms with Crippen LogP contribution in [0.25, 0.3) is 0 Å². The van der Waals surface area contributed by atoms with E-state index in [1.165, 1.54) is 103 Å².